The Morgan fingerprint density at radius 2 is 1.94 bits per heavy atom. The SMILES string of the molecule is CC(CN(Cc1ccc(-c2ncco2)c(F)c1F)S(=O)(=O)C1=CC=C(Cl)C=CC1)C1CCCCC1. The van der Waals surface area contributed by atoms with Crippen LogP contribution in [0.25, 0.3) is 11.5 Å². The van der Waals surface area contributed by atoms with Crippen LogP contribution in [0.15, 0.2) is 63.3 Å². The number of aromatic nitrogens is 1. The van der Waals surface area contributed by atoms with E-state index < -0.39 is 21.7 Å². The molecule has 1 aromatic carbocycles. The molecule has 0 radical (unpaired) electrons. The molecule has 2 aliphatic carbocycles. The molecule has 0 aliphatic heterocycles. The monoisotopic (exact) mass is 522 g/mol. The van der Waals surface area contributed by atoms with Crippen LogP contribution in [0.1, 0.15) is 51.0 Å². The van der Waals surface area contributed by atoms with Crippen molar-refractivity contribution in [2.45, 2.75) is 52.0 Å². The van der Waals surface area contributed by atoms with Crippen LogP contribution < -0.4 is 0 Å². The van der Waals surface area contributed by atoms with E-state index >= 15 is 4.39 Å². The molecule has 4 rings (SSSR count). The Bertz CT molecular complexity index is 1230. The third-order valence-corrected chi connectivity index (χ3v) is 8.99. The Labute approximate surface area is 210 Å². The fourth-order valence-electron chi connectivity index (χ4n) is 4.79. The number of nitrogens with zero attached hydrogens (tertiary/aromatic N) is 2. The highest BCUT2D eigenvalue weighted by Gasteiger charge is 2.32. The molecule has 2 aromatic rings. The van der Waals surface area contributed by atoms with Gasteiger partial charge in [-0.25, -0.2) is 22.2 Å². The highest BCUT2D eigenvalue weighted by atomic mass is 35.5. The molecule has 0 bridgehead atoms. The second-order valence-electron chi connectivity index (χ2n) is 9.20. The smallest absolute Gasteiger partial charge is 0.239 e. The van der Waals surface area contributed by atoms with Gasteiger partial charge in [0.2, 0.25) is 15.9 Å². The Hall–Kier alpha value is -2.29. The maximum Gasteiger partial charge on any atom is 0.239 e. The van der Waals surface area contributed by atoms with Crippen LogP contribution in [-0.2, 0) is 16.6 Å². The molecule has 9 heteroatoms. The van der Waals surface area contributed by atoms with Crippen LogP contribution >= 0.6 is 11.6 Å². The average molecular weight is 523 g/mol. The predicted octanol–water partition coefficient (Wildman–Crippen LogP) is 6.93. The summed E-state index contributed by atoms with van der Waals surface area (Å²) in [5.74, 6) is -1.79. The van der Waals surface area contributed by atoms with Gasteiger partial charge in [-0.1, -0.05) is 62.8 Å². The first-order chi connectivity index (χ1) is 16.8. The van der Waals surface area contributed by atoms with Gasteiger partial charge in [-0.3, -0.25) is 0 Å². The lowest BCUT2D eigenvalue weighted by Crippen LogP contribution is -2.37. The number of oxazole rings is 1. The molecule has 35 heavy (non-hydrogen) atoms. The van der Waals surface area contributed by atoms with E-state index in [0.29, 0.717) is 11.0 Å². The predicted molar refractivity (Wildman–Crippen MR) is 133 cm³/mol. The van der Waals surface area contributed by atoms with E-state index in [1.165, 1.54) is 47.5 Å². The van der Waals surface area contributed by atoms with Crippen molar-refractivity contribution in [2.75, 3.05) is 6.54 Å². The number of halogens is 3. The fraction of sp³-hybridized carbons (Fsp3) is 0.423. The van der Waals surface area contributed by atoms with Crippen molar-refractivity contribution in [3.63, 3.8) is 0 Å². The minimum atomic E-state index is -3.97. The van der Waals surface area contributed by atoms with Crippen molar-refractivity contribution < 1.29 is 21.6 Å². The highest BCUT2D eigenvalue weighted by Crippen LogP contribution is 2.33. The summed E-state index contributed by atoms with van der Waals surface area (Å²) in [6.45, 7) is 1.97. The normalized spacial score (nSPS) is 18.3. The maximum absolute atomic E-state index is 15.1. The molecule has 1 unspecified atom stereocenters. The average Bonchev–Trinajstić information content (AvgIpc) is 3.29. The Morgan fingerprint density at radius 3 is 2.66 bits per heavy atom. The Morgan fingerprint density at radius 1 is 1.17 bits per heavy atom. The van der Waals surface area contributed by atoms with Gasteiger partial charge in [0, 0.05) is 30.1 Å². The van der Waals surface area contributed by atoms with Gasteiger partial charge < -0.3 is 4.42 Å². The number of rotatable bonds is 8. The van der Waals surface area contributed by atoms with E-state index in [-0.39, 0.29) is 47.4 Å². The summed E-state index contributed by atoms with van der Waals surface area (Å²) in [6.07, 6.45) is 14.7. The molecule has 1 saturated carbocycles. The summed E-state index contributed by atoms with van der Waals surface area (Å²) in [6, 6.07) is 2.76. The van der Waals surface area contributed by atoms with E-state index in [2.05, 4.69) is 4.98 Å². The summed E-state index contributed by atoms with van der Waals surface area (Å²) >= 11 is 6.04. The first-order valence-electron chi connectivity index (χ1n) is 11.9. The second kappa shape index (κ2) is 11.2. The lowest BCUT2D eigenvalue weighted by atomic mass is 9.81. The lowest BCUT2D eigenvalue weighted by Gasteiger charge is -2.32. The van der Waals surface area contributed by atoms with Crippen molar-refractivity contribution in [3.8, 4) is 11.5 Å². The van der Waals surface area contributed by atoms with Crippen LogP contribution in [-0.4, -0.2) is 24.3 Å². The highest BCUT2D eigenvalue weighted by molar-refractivity contribution is 7.93. The molecule has 1 atom stereocenters. The summed E-state index contributed by atoms with van der Waals surface area (Å²) in [7, 11) is -3.97. The van der Waals surface area contributed by atoms with Gasteiger partial charge in [-0.15, -0.1) is 0 Å². The number of hydrogen-bond donors (Lipinski definition) is 0. The van der Waals surface area contributed by atoms with Crippen molar-refractivity contribution >= 4 is 21.6 Å². The number of allylic oxidation sites excluding steroid dienone is 6. The topological polar surface area (TPSA) is 63.4 Å². The summed E-state index contributed by atoms with van der Waals surface area (Å²) in [5, 5.41) is 0.424. The van der Waals surface area contributed by atoms with E-state index in [1.807, 2.05) is 6.92 Å². The standard InChI is InChI=1S/C26H29ClF2N2O3S/c1-18(19-6-3-2-4-7-19)16-31(35(32,33)22-9-5-8-21(27)11-12-22)17-20-10-13-23(25(29)24(20)28)26-30-14-15-34-26/h5,8,10-15,18-19H,2-4,6-7,9,16-17H2,1H3. The van der Waals surface area contributed by atoms with Crippen LogP contribution in [0, 0.1) is 23.5 Å². The Kier molecular flexibility index (Phi) is 8.24. The first-order valence-corrected chi connectivity index (χ1v) is 13.7. The molecule has 0 amide bonds. The minimum absolute atomic E-state index is 0.0394. The van der Waals surface area contributed by atoms with Gasteiger partial charge in [0.15, 0.2) is 11.6 Å². The molecule has 1 aromatic heterocycles. The number of benzene rings is 1. The van der Waals surface area contributed by atoms with Crippen LogP contribution in [0.4, 0.5) is 8.78 Å². The number of hydrogen-bond acceptors (Lipinski definition) is 4. The van der Waals surface area contributed by atoms with Crippen molar-refractivity contribution in [1.29, 1.82) is 0 Å². The first kappa shape index (κ1) is 25.8. The summed E-state index contributed by atoms with van der Waals surface area (Å²) in [5.41, 5.74) is -0.159. The lowest BCUT2D eigenvalue weighted by molar-refractivity contribution is 0.221. The minimum Gasteiger partial charge on any atom is -0.444 e. The third-order valence-electron chi connectivity index (χ3n) is 6.81. The van der Waals surface area contributed by atoms with Crippen molar-refractivity contribution in [3.05, 3.63) is 76.0 Å². The molecule has 1 heterocycles. The van der Waals surface area contributed by atoms with Crippen LogP contribution in [0.2, 0.25) is 0 Å². The molecular formula is C26H29ClF2N2O3S. The Balaban J connectivity index is 1.66. The maximum atomic E-state index is 15.1. The molecule has 0 spiro atoms. The molecule has 0 saturated heterocycles. The van der Waals surface area contributed by atoms with Gasteiger partial charge in [-0.05, 0) is 36.1 Å². The quantitative estimate of drug-likeness (QED) is 0.377. The summed E-state index contributed by atoms with van der Waals surface area (Å²) in [4.78, 5) is 4.04. The van der Waals surface area contributed by atoms with Gasteiger partial charge >= 0.3 is 0 Å². The summed E-state index contributed by atoms with van der Waals surface area (Å²) < 4.78 is 63.9. The molecule has 188 valence electrons. The van der Waals surface area contributed by atoms with Gasteiger partial charge in [0.25, 0.3) is 0 Å². The van der Waals surface area contributed by atoms with Gasteiger partial charge in [0.05, 0.1) is 16.7 Å². The molecular weight excluding hydrogens is 494 g/mol. The zero-order chi connectivity index (χ0) is 25.0. The van der Waals surface area contributed by atoms with E-state index in [4.69, 9.17) is 16.0 Å². The number of sulfonamides is 1. The van der Waals surface area contributed by atoms with Crippen LogP contribution in [0.3, 0.4) is 0 Å². The molecule has 2 aliphatic rings. The van der Waals surface area contributed by atoms with E-state index in [9.17, 15) is 12.8 Å². The van der Waals surface area contributed by atoms with Gasteiger partial charge in [0.1, 0.15) is 6.26 Å². The van der Waals surface area contributed by atoms with Gasteiger partial charge in [-0.2, -0.15) is 4.31 Å². The zero-order valence-corrected chi connectivity index (χ0v) is 21.2. The fourth-order valence-corrected chi connectivity index (χ4v) is 6.56. The zero-order valence-electron chi connectivity index (χ0n) is 19.6. The van der Waals surface area contributed by atoms with Crippen molar-refractivity contribution in [1.82, 2.24) is 9.29 Å². The molecule has 5 nitrogen and oxygen atoms in total. The van der Waals surface area contributed by atoms with Crippen molar-refractivity contribution in [2.24, 2.45) is 11.8 Å². The molecule has 1 fully saturated rings. The second-order valence-corrected chi connectivity index (χ2v) is 11.6. The van der Waals surface area contributed by atoms with E-state index in [1.54, 1.807) is 12.2 Å². The van der Waals surface area contributed by atoms with E-state index in [0.717, 1.165) is 25.7 Å². The van der Waals surface area contributed by atoms with Crippen LogP contribution in [0.5, 0.6) is 0 Å². The third kappa shape index (κ3) is 5.93. The largest absolute Gasteiger partial charge is 0.444 e. The molecule has 0 N–H and O–H groups in total.